The first-order valence-corrected chi connectivity index (χ1v) is 7.00. The Hall–Kier alpha value is -3.32. The Bertz CT molecular complexity index is 1800. The maximum absolute atomic E-state index is 8.74. The van der Waals surface area contributed by atoms with Crippen LogP contribution in [0.5, 0.6) is 0 Å². The molecule has 0 atom stereocenters. The molecule has 0 bridgehead atoms. The summed E-state index contributed by atoms with van der Waals surface area (Å²) in [6.07, 6.45) is 0. The molecule has 0 fully saturated rings. The van der Waals surface area contributed by atoms with E-state index in [-0.39, 0.29) is 0 Å². The van der Waals surface area contributed by atoms with E-state index in [0.29, 0.717) is 0 Å². The van der Waals surface area contributed by atoms with Crippen molar-refractivity contribution in [3.63, 3.8) is 0 Å². The van der Waals surface area contributed by atoms with Crippen LogP contribution in [0.25, 0.3) is 22.3 Å². The zero-order chi connectivity index (χ0) is 32.6. The first-order chi connectivity index (χ1) is 19.9. The van der Waals surface area contributed by atoms with Gasteiger partial charge in [-0.05, 0) is 46.4 Å². The highest BCUT2D eigenvalue weighted by atomic mass is 14.9. The Balaban J connectivity index is 2.07. The summed E-state index contributed by atoms with van der Waals surface area (Å²) in [6, 6.07) is -14.2. The second-order valence-corrected chi connectivity index (χ2v) is 4.62. The number of benzene rings is 4. The fourth-order valence-corrected chi connectivity index (χ4v) is 1.91. The van der Waals surface area contributed by atoms with Gasteiger partial charge >= 0.3 is 0 Å². The number of hydrogen-bond acceptors (Lipinski definition) is 1. The second-order valence-electron chi connectivity index (χ2n) is 4.62. The largest absolute Gasteiger partial charge is 0.356 e. The van der Waals surface area contributed by atoms with E-state index in [1.807, 2.05) is 0 Å². The molecule has 120 valence electrons. The predicted octanol–water partition coefficient (Wildman–Crippen LogP) is 6.76. The topological polar surface area (TPSA) is 12.0 Å². The molecule has 1 N–H and O–H groups in total. The Kier molecular flexibility index (Phi) is 1.44. The van der Waals surface area contributed by atoms with Crippen molar-refractivity contribution in [2.24, 2.45) is 0 Å². The molecule has 4 aromatic rings. The standard InChI is InChI=1S/C24H19N/c1-3-8-19(9-4-1)20-14-16-21(17-15-20)22-10-7-13-24(18-22)25-23-11-5-2-6-12-23/h1-18,25H/i1D,2D,3D,4D,5D,6D,7D,8D,9D,10D,11D,12D,13D,14D,15D,16D,17D,18D. The van der Waals surface area contributed by atoms with E-state index < -0.39 is 142 Å². The van der Waals surface area contributed by atoms with Crippen molar-refractivity contribution < 1.29 is 24.7 Å². The molecule has 1 nitrogen and oxygen atoms in total. The van der Waals surface area contributed by atoms with Gasteiger partial charge in [0.2, 0.25) is 0 Å². The van der Waals surface area contributed by atoms with Gasteiger partial charge in [0, 0.05) is 11.4 Å². The van der Waals surface area contributed by atoms with Gasteiger partial charge in [-0.1, -0.05) is 84.6 Å². The van der Waals surface area contributed by atoms with Gasteiger partial charge in [0.15, 0.2) is 0 Å². The van der Waals surface area contributed by atoms with Crippen molar-refractivity contribution in [2.75, 3.05) is 5.32 Å². The fraction of sp³-hybridized carbons (Fsp3) is 0. The SMILES string of the molecule is [2H]c1c([2H])c([2H])c(Nc2c([2H])c([2H])c([2H])c(-c3c([2H])c([2H])c(-c4c([2H])c([2H])c([2H])c([2H])c4[2H])c([2H])c3[2H])c2[2H])c([2H])c1[2H]. The molecular formula is C24H19N. The highest BCUT2D eigenvalue weighted by Crippen LogP contribution is 2.27. The van der Waals surface area contributed by atoms with Crippen LogP contribution in [0.3, 0.4) is 0 Å². The summed E-state index contributed by atoms with van der Waals surface area (Å²) in [5.41, 5.74) is -3.71. The lowest BCUT2D eigenvalue weighted by Gasteiger charge is -2.09. The molecule has 1 heteroatoms. The summed E-state index contributed by atoms with van der Waals surface area (Å²) >= 11 is 0. The van der Waals surface area contributed by atoms with E-state index in [1.165, 1.54) is 0 Å². The van der Waals surface area contributed by atoms with Gasteiger partial charge in [-0.2, -0.15) is 0 Å². The number of nitrogens with one attached hydrogen (secondary N) is 1. The molecule has 0 unspecified atom stereocenters. The van der Waals surface area contributed by atoms with Gasteiger partial charge < -0.3 is 5.32 Å². The minimum atomic E-state index is -0.879. The number of para-hydroxylation sites is 1. The number of rotatable bonds is 4. The molecule has 0 aromatic heterocycles. The van der Waals surface area contributed by atoms with Crippen molar-refractivity contribution in [2.45, 2.75) is 0 Å². The summed E-state index contributed by atoms with van der Waals surface area (Å²) < 4.78 is 148. The molecule has 4 rings (SSSR count). The summed E-state index contributed by atoms with van der Waals surface area (Å²) in [5, 5.41) is 2.40. The zero-order valence-electron chi connectivity index (χ0n) is 30.5. The van der Waals surface area contributed by atoms with E-state index in [9.17, 15) is 0 Å². The van der Waals surface area contributed by atoms with Crippen LogP contribution in [0.15, 0.2) is 109 Å². The average molecular weight is 340 g/mol. The van der Waals surface area contributed by atoms with Crippen molar-refractivity contribution in [3.05, 3.63) is 109 Å². The summed E-state index contributed by atoms with van der Waals surface area (Å²) in [6.45, 7) is 0. The Morgan fingerprint density at radius 1 is 0.440 bits per heavy atom. The molecule has 25 heavy (non-hydrogen) atoms. The van der Waals surface area contributed by atoms with Crippen LogP contribution < -0.4 is 5.32 Å². The van der Waals surface area contributed by atoms with Gasteiger partial charge in [-0.15, -0.1) is 0 Å². The molecular weight excluding hydrogens is 302 g/mol. The minimum Gasteiger partial charge on any atom is -0.356 e. The van der Waals surface area contributed by atoms with Gasteiger partial charge in [0.1, 0.15) is 0 Å². The normalized spacial score (nSPS) is 20.5. The van der Waals surface area contributed by atoms with Crippen LogP contribution in [-0.2, 0) is 0 Å². The predicted molar refractivity (Wildman–Crippen MR) is 107 cm³/mol. The highest BCUT2D eigenvalue weighted by molar-refractivity contribution is 5.73. The van der Waals surface area contributed by atoms with E-state index >= 15 is 0 Å². The Morgan fingerprint density at radius 2 is 0.920 bits per heavy atom. The van der Waals surface area contributed by atoms with Crippen molar-refractivity contribution in [1.29, 1.82) is 0 Å². The molecule has 0 saturated heterocycles. The first-order valence-electron chi connectivity index (χ1n) is 16.0. The molecule has 0 radical (unpaired) electrons. The third-order valence-corrected chi connectivity index (χ3v) is 3.00. The van der Waals surface area contributed by atoms with Crippen molar-refractivity contribution >= 4 is 11.4 Å². The first kappa shape index (κ1) is 5.09. The lowest BCUT2D eigenvalue weighted by Crippen LogP contribution is -1.90. The monoisotopic (exact) mass is 339 g/mol. The zero-order valence-corrected chi connectivity index (χ0v) is 12.5. The van der Waals surface area contributed by atoms with Crippen LogP contribution in [0.2, 0.25) is 0 Å². The van der Waals surface area contributed by atoms with Crippen LogP contribution in [0.1, 0.15) is 24.7 Å². The third kappa shape index (κ3) is 3.61. The van der Waals surface area contributed by atoms with Gasteiger partial charge in [0.25, 0.3) is 0 Å². The lowest BCUT2D eigenvalue weighted by molar-refractivity contribution is 1.54. The molecule has 0 saturated carbocycles. The third-order valence-electron chi connectivity index (χ3n) is 3.00. The van der Waals surface area contributed by atoms with Crippen LogP contribution >= 0.6 is 0 Å². The van der Waals surface area contributed by atoms with Crippen molar-refractivity contribution in [3.8, 4) is 22.3 Å². The number of anilines is 2. The van der Waals surface area contributed by atoms with Gasteiger partial charge in [-0.3, -0.25) is 0 Å². The highest BCUT2D eigenvalue weighted by Gasteiger charge is 2.02. The smallest absolute Gasteiger partial charge is 0.0651 e. The summed E-state index contributed by atoms with van der Waals surface area (Å²) in [7, 11) is 0. The van der Waals surface area contributed by atoms with Crippen LogP contribution in [0, 0.1) is 0 Å². The van der Waals surface area contributed by atoms with Gasteiger partial charge in [0.05, 0.1) is 24.7 Å². The summed E-state index contributed by atoms with van der Waals surface area (Å²) in [5.74, 6) is 0. The van der Waals surface area contributed by atoms with E-state index in [4.69, 9.17) is 24.7 Å². The molecule has 4 aromatic carbocycles. The molecule has 0 aliphatic heterocycles. The second kappa shape index (κ2) is 7.06. The van der Waals surface area contributed by atoms with Crippen LogP contribution in [0.4, 0.5) is 11.4 Å². The van der Waals surface area contributed by atoms with Crippen molar-refractivity contribution in [1.82, 2.24) is 0 Å². The fourth-order valence-electron chi connectivity index (χ4n) is 1.91. The minimum absolute atomic E-state index is 0.549. The molecule has 0 heterocycles. The maximum atomic E-state index is 8.74. The summed E-state index contributed by atoms with van der Waals surface area (Å²) in [4.78, 5) is 0. The lowest BCUT2D eigenvalue weighted by atomic mass is 10.00. The number of hydrogen-bond donors (Lipinski definition) is 1. The van der Waals surface area contributed by atoms with E-state index in [2.05, 4.69) is 5.32 Å². The molecule has 0 aliphatic rings. The van der Waals surface area contributed by atoms with Crippen LogP contribution in [-0.4, -0.2) is 0 Å². The van der Waals surface area contributed by atoms with E-state index in [0.717, 1.165) is 0 Å². The molecule has 0 amide bonds. The Labute approximate surface area is 173 Å². The maximum Gasteiger partial charge on any atom is 0.0651 e. The molecule has 0 aliphatic carbocycles. The Morgan fingerprint density at radius 3 is 1.60 bits per heavy atom. The average Bonchev–Trinajstić information content (AvgIpc) is 2.97. The van der Waals surface area contributed by atoms with E-state index in [1.54, 1.807) is 0 Å². The van der Waals surface area contributed by atoms with Gasteiger partial charge in [-0.25, -0.2) is 0 Å². The quantitative estimate of drug-likeness (QED) is 0.433. The molecule has 0 spiro atoms.